The second-order valence-corrected chi connectivity index (χ2v) is 4.52. The van der Waals surface area contributed by atoms with Crippen molar-refractivity contribution in [2.24, 2.45) is 5.41 Å². The third-order valence-corrected chi connectivity index (χ3v) is 3.82. The molecule has 0 saturated carbocycles. The summed E-state index contributed by atoms with van der Waals surface area (Å²) < 4.78 is 0. The lowest BCUT2D eigenvalue weighted by Crippen LogP contribution is -2.62. The maximum Gasteiger partial charge on any atom is 0.311 e. The number of carboxylic acid groups (broad SMARTS) is 1. The third-order valence-electron chi connectivity index (χ3n) is 3.82. The van der Waals surface area contributed by atoms with Crippen LogP contribution >= 0.6 is 0 Å². The minimum Gasteiger partial charge on any atom is -0.481 e. The molecule has 14 heavy (non-hydrogen) atoms. The average molecular weight is 198 g/mol. The van der Waals surface area contributed by atoms with Crippen molar-refractivity contribution in [1.29, 1.82) is 0 Å². The zero-order valence-corrected chi connectivity index (χ0v) is 8.62. The van der Waals surface area contributed by atoms with Crippen molar-refractivity contribution in [3.8, 4) is 0 Å². The summed E-state index contributed by atoms with van der Waals surface area (Å²) in [7, 11) is 2.04. The van der Waals surface area contributed by atoms with Crippen LogP contribution in [0.4, 0.5) is 0 Å². The molecule has 2 heterocycles. The number of likely N-dealkylation sites (tertiary alicyclic amines) is 1. The number of carbonyl (C=O) groups is 1. The van der Waals surface area contributed by atoms with E-state index in [4.69, 9.17) is 0 Å². The van der Waals surface area contributed by atoms with Crippen molar-refractivity contribution >= 4 is 5.97 Å². The molecule has 2 N–H and O–H groups in total. The number of hydrogen-bond donors (Lipinski definition) is 2. The standard InChI is InChI=1S/C10H18N2O2/c1-12-6-2-3-10(9(13)14)4-5-11-7-8(10)12/h8,11H,2-7H2,1H3,(H,13,14)/t8-,10+/m0/s1. The lowest BCUT2D eigenvalue weighted by molar-refractivity contribution is -0.159. The van der Waals surface area contributed by atoms with Crippen LogP contribution in [-0.2, 0) is 4.79 Å². The van der Waals surface area contributed by atoms with E-state index in [1.54, 1.807) is 0 Å². The van der Waals surface area contributed by atoms with Crippen molar-refractivity contribution in [1.82, 2.24) is 10.2 Å². The molecule has 0 spiro atoms. The quantitative estimate of drug-likeness (QED) is 0.629. The Morgan fingerprint density at radius 3 is 3.00 bits per heavy atom. The summed E-state index contributed by atoms with van der Waals surface area (Å²) in [5, 5.41) is 12.7. The Balaban J connectivity index is 2.26. The van der Waals surface area contributed by atoms with Gasteiger partial charge in [-0.2, -0.15) is 0 Å². The van der Waals surface area contributed by atoms with Crippen LogP contribution in [0.2, 0.25) is 0 Å². The molecule has 0 aliphatic carbocycles. The van der Waals surface area contributed by atoms with E-state index >= 15 is 0 Å². The Labute approximate surface area is 84.3 Å². The van der Waals surface area contributed by atoms with Gasteiger partial charge in [-0.3, -0.25) is 4.79 Å². The van der Waals surface area contributed by atoms with Crippen LogP contribution in [0.3, 0.4) is 0 Å². The SMILES string of the molecule is CN1CCC[C@@]2(C(=O)O)CCNC[C@H]12. The predicted molar refractivity (Wildman–Crippen MR) is 53.2 cm³/mol. The predicted octanol–water partition coefficient (Wildman–Crippen LogP) is 0.145. The zero-order chi connectivity index (χ0) is 10.2. The Bertz CT molecular complexity index is 240. The molecule has 80 valence electrons. The summed E-state index contributed by atoms with van der Waals surface area (Å²) in [5.74, 6) is -0.601. The fourth-order valence-electron chi connectivity index (χ4n) is 2.94. The first-order valence-corrected chi connectivity index (χ1v) is 5.31. The van der Waals surface area contributed by atoms with E-state index in [0.717, 1.165) is 38.9 Å². The van der Waals surface area contributed by atoms with Crippen molar-refractivity contribution in [2.75, 3.05) is 26.7 Å². The van der Waals surface area contributed by atoms with Crippen LogP contribution in [0.1, 0.15) is 19.3 Å². The fraction of sp³-hybridized carbons (Fsp3) is 0.900. The average Bonchev–Trinajstić information content (AvgIpc) is 2.18. The number of nitrogens with one attached hydrogen (secondary N) is 1. The van der Waals surface area contributed by atoms with Crippen molar-refractivity contribution in [3.05, 3.63) is 0 Å². The summed E-state index contributed by atoms with van der Waals surface area (Å²) in [6, 6.07) is 0.183. The molecular formula is C10H18N2O2. The van der Waals surface area contributed by atoms with Gasteiger partial charge in [-0.25, -0.2) is 0 Å². The topological polar surface area (TPSA) is 52.6 Å². The molecule has 0 bridgehead atoms. The summed E-state index contributed by atoms with van der Waals surface area (Å²) in [6.07, 6.45) is 2.63. The van der Waals surface area contributed by atoms with E-state index in [1.807, 2.05) is 7.05 Å². The molecule has 0 radical (unpaired) electrons. The first-order chi connectivity index (χ1) is 6.67. The van der Waals surface area contributed by atoms with Crippen LogP contribution in [0.25, 0.3) is 0 Å². The highest BCUT2D eigenvalue weighted by Gasteiger charge is 2.50. The molecular weight excluding hydrogens is 180 g/mol. The number of nitrogens with zero attached hydrogens (tertiary/aromatic N) is 1. The van der Waals surface area contributed by atoms with E-state index in [2.05, 4.69) is 10.2 Å². The highest BCUT2D eigenvalue weighted by molar-refractivity contribution is 5.76. The largest absolute Gasteiger partial charge is 0.481 e. The molecule has 0 aromatic carbocycles. The molecule has 2 aliphatic heterocycles. The number of aliphatic carboxylic acids is 1. The van der Waals surface area contributed by atoms with Crippen molar-refractivity contribution in [2.45, 2.75) is 25.3 Å². The number of hydrogen-bond acceptors (Lipinski definition) is 3. The molecule has 0 amide bonds. The van der Waals surface area contributed by atoms with Crippen LogP contribution in [0.5, 0.6) is 0 Å². The molecule has 2 saturated heterocycles. The number of carboxylic acids is 1. The Hall–Kier alpha value is -0.610. The highest BCUT2D eigenvalue weighted by Crippen LogP contribution is 2.40. The second kappa shape index (κ2) is 3.51. The Morgan fingerprint density at radius 2 is 2.36 bits per heavy atom. The van der Waals surface area contributed by atoms with Crippen LogP contribution in [-0.4, -0.2) is 48.7 Å². The second-order valence-electron chi connectivity index (χ2n) is 4.52. The van der Waals surface area contributed by atoms with Gasteiger partial charge in [0.1, 0.15) is 0 Å². The monoisotopic (exact) mass is 198 g/mol. The van der Waals surface area contributed by atoms with E-state index < -0.39 is 11.4 Å². The maximum absolute atomic E-state index is 11.4. The number of fused-ring (bicyclic) bond motifs is 1. The van der Waals surface area contributed by atoms with E-state index in [1.165, 1.54) is 0 Å². The highest BCUT2D eigenvalue weighted by atomic mass is 16.4. The molecule has 2 aliphatic rings. The Morgan fingerprint density at radius 1 is 1.57 bits per heavy atom. The van der Waals surface area contributed by atoms with E-state index in [-0.39, 0.29) is 6.04 Å². The molecule has 0 aromatic rings. The normalized spacial score (nSPS) is 39.1. The Kier molecular flexibility index (Phi) is 2.49. The summed E-state index contributed by atoms with van der Waals surface area (Å²) in [5.41, 5.74) is -0.474. The van der Waals surface area contributed by atoms with Gasteiger partial charge >= 0.3 is 5.97 Å². The molecule has 4 nitrogen and oxygen atoms in total. The molecule has 2 rings (SSSR count). The van der Waals surface area contributed by atoms with Gasteiger partial charge in [0.15, 0.2) is 0 Å². The van der Waals surface area contributed by atoms with Gasteiger partial charge < -0.3 is 15.3 Å². The van der Waals surface area contributed by atoms with Crippen molar-refractivity contribution < 1.29 is 9.90 Å². The molecule has 2 fully saturated rings. The third kappa shape index (κ3) is 1.33. The van der Waals surface area contributed by atoms with E-state index in [0.29, 0.717) is 0 Å². The van der Waals surface area contributed by atoms with Gasteiger partial charge in [0.25, 0.3) is 0 Å². The number of piperidine rings is 2. The van der Waals surface area contributed by atoms with Gasteiger partial charge in [-0.15, -0.1) is 0 Å². The van der Waals surface area contributed by atoms with Crippen molar-refractivity contribution in [3.63, 3.8) is 0 Å². The van der Waals surface area contributed by atoms with Gasteiger partial charge in [0.2, 0.25) is 0 Å². The number of rotatable bonds is 1. The molecule has 2 atom stereocenters. The number of likely N-dealkylation sites (N-methyl/N-ethyl adjacent to an activating group) is 1. The molecule has 4 heteroatoms. The smallest absolute Gasteiger partial charge is 0.311 e. The van der Waals surface area contributed by atoms with Crippen LogP contribution in [0.15, 0.2) is 0 Å². The van der Waals surface area contributed by atoms with Gasteiger partial charge in [-0.05, 0) is 39.4 Å². The summed E-state index contributed by atoms with van der Waals surface area (Å²) in [6.45, 7) is 2.70. The van der Waals surface area contributed by atoms with E-state index in [9.17, 15) is 9.90 Å². The van der Waals surface area contributed by atoms with Crippen LogP contribution < -0.4 is 5.32 Å². The molecule has 0 aromatic heterocycles. The minimum atomic E-state index is -0.601. The maximum atomic E-state index is 11.4. The van der Waals surface area contributed by atoms with Crippen LogP contribution in [0, 0.1) is 5.41 Å². The summed E-state index contributed by atoms with van der Waals surface area (Å²) in [4.78, 5) is 13.6. The molecule has 0 unspecified atom stereocenters. The minimum absolute atomic E-state index is 0.183. The lowest BCUT2D eigenvalue weighted by Gasteiger charge is -2.49. The fourth-order valence-corrected chi connectivity index (χ4v) is 2.94. The van der Waals surface area contributed by atoms with Gasteiger partial charge in [0, 0.05) is 12.6 Å². The summed E-state index contributed by atoms with van der Waals surface area (Å²) >= 11 is 0. The van der Waals surface area contributed by atoms with Gasteiger partial charge in [-0.1, -0.05) is 0 Å². The first kappa shape index (κ1) is 9.93. The lowest BCUT2D eigenvalue weighted by atomic mass is 9.69. The van der Waals surface area contributed by atoms with Gasteiger partial charge in [0.05, 0.1) is 5.41 Å². The zero-order valence-electron chi connectivity index (χ0n) is 8.62. The first-order valence-electron chi connectivity index (χ1n) is 5.31.